The molecular formula is C41H50N6O6S. The fourth-order valence-corrected chi connectivity index (χ4v) is 7.84. The van der Waals surface area contributed by atoms with Gasteiger partial charge in [-0.15, -0.1) is 0 Å². The van der Waals surface area contributed by atoms with Crippen molar-refractivity contribution in [2.75, 3.05) is 16.3 Å². The first kappa shape index (κ1) is 38.6. The number of aromatic nitrogens is 1. The molecule has 12 nitrogen and oxygen atoms in total. The van der Waals surface area contributed by atoms with Crippen molar-refractivity contribution < 1.29 is 28.7 Å². The highest BCUT2D eigenvalue weighted by Crippen LogP contribution is 2.40. The van der Waals surface area contributed by atoms with E-state index in [9.17, 15) is 24.0 Å². The first-order chi connectivity index (χ1) is 25.6. The summed E-state index contributed by atoms with van der Waals surface area (Å²) in [6.07, 6.45) is 3.69. The average Bonchev–Trinajstić information content (AvgIpc) is 3.86. The summed E-state index contributed by atoms with van der Waals surface area (Å²) in [5, 5.41) is 13.4. The number of carbonyl (C=O) groups is 5. The number of thiophene rings is 1. The number of aryl methyl sites for hydroxylation is 1. The quantitative estimate of drug-likeness (QED) is 0.166. The predicted molar refractivity (Wildman–Crippen MR) is 210 cm³/mol. The van der Waals surface area contributed by atoms with Gasteiger partial charge in [0.1, 0.15) is 23.2 Å². The average molecular weight is 755 g/mol. The summed E-state index contributed by atoms with van der Waals surface area (Å²) in [7, 11) is 0. The van der Waals surface area contributed by atoms with Crippen LogP contribution in [-0.4, -0.2) is 64.1 Å². The molecule has 54 heavy (non-hydrogen) atoms. The van der Waals surface area contributed by atoms with Crippen LogP contribution in [0.15, 0.2) is 65.5 Å². The van der Waals surface area contributed by atoms with E-state index in [1.807, 2.05) is 65.5 Å². The van der Waals surface area contributed by atoms with Crippen molar-refractivity contribution in [3.05, 3.63) is 82.2 Å². The summed E-state index contributed by atoms with van der Waals surface area (Å²) < 4.78 is 7.55. The zero-order valence-electron chi connectivity index (χ0n) is 31.9. The third kappa shape index (κ3) is 8.46. The summed E-state index contributed by atoms with van der Waals surface area (Å²) in [5.74, 6) is -1.42. The Morgan fingerprint density at radius 1 is 1.02 bits per heavy atom. The molecule has 5 amide bonds. The van der Waals surface area contributed by atoms with E-state index in [0.717, 1.165) is 47.0 Å². The van der Waals surface area contributed by atoms with Crippen molar-refractivity contribution in [1.82, 2.24) is 20.5 Å². The highest BCUT2D eigenvalue weighted by Gasteiger charge is 2.40. The fraction of sp³-hybridized carbons (Fsp3) is 0.439. The van der Waals surface area contributed by atoms with Gasteiger partial charge < -0.3 is 35.1 Å². The smallest absolute Gasteiger partial charge is 0.408 e. The van der Waals surface area contributed by atoms with Crippen molar-refractivity contribution in [2.45, 2.75) is 110 Å². The van der Waals surface area contributed by atoms with Gasteiger partial charge in [-0.2, -0.15) is 11.3 Å². The summed E-state index contributed by atoms with van der Waals surface area (Å²) >= 11 is 1.53. The Balaban J connectivity index is 1.32. The van der Waals surface area contributed by atoms with Crippen LogP contribution in [0, 0.1) is 0 Å². The van der Waals surface area contributed by atoms with E-state index in [4.69, 9.17) is 4.74 Å². The molecule has 13 heteroatoms. The highest BCUT2D eigenvalue weighted by atomic mass is 32.1. The largest absolute Gasteiger partial charge is 0.444 e. The van der Waals surface area contributed by atoms with Gasteiger partial charge in [0, 0.05) is 49.5 Å². The summed E-state index contributed by atoms with van der Waals surface area (Å²) in [6, 6.07) is 13.5. The molecule has 2 atom stereocenters. The van der Waals surface area contributed by atoms with Gasteiger partial charge in [0.15, 0.2) is 0 Å². The maximum atomic E-state index is 14.5. The summed E-state index contributed by atoms with van der Waals surface area (Å²) in [4.78, 5) is 71.9. The molecule has 0 saturated carbocycles. The first-order valence-electron chi connectivity index (χ1n) is 18.6. The third-order valence-corrected chi connectivity index (χ3v) is 10.5. The number of alkyl carbamates (subject to hydrolysis) is 1. The molecule has 0 spiro atoms. The monoisotopic (exact) mass is 754 g/mol. The number of nitrogens with one attached hydrogen (secondary N) is 3. The van der Waals surface area contributed by atoms with Crippen molar-refractivity contribution >= 4 is 63.3 Å². The number of fused-ring (bicyclic) bond motifs is 2. The Morgan fingerprint density at radius 2 is 1.80 bits per heavy atom. The SMILES string of the molecule is CCCn1cc(C[C@@H](NC(=O)C(C)(C)NC(=O)OC(C)(C)C)C(=O)NC2Cc3cccc(N4CCCC4=O)c3N(Cc3ccsc3)C2=O)c2ccccc21. The van der Waals surface area contributed by atoms with Gasteiger partial charge in [0.05, 0.1) is 17.9 Å². The number of ether oxygens (including phenoxy) is 1. The Hall–Kier alpha value is -5.17. The van der Waals surface area contributed by atoms with E-state index in [-0.39, 0.29) is 31.2 Å². The van der Waals surface area contributed by atoms with Gasteiger partial charge in [-0.25, -0.2) is 4.79 Å². The van der Waals surface area contributed by atoms with Crippen molar-refractivity contribution in [2.24, 2.45) is 0 Å². The lowest BCUT2D eigenvalue weighted by molar-refractivity contribution is -0.133. The van der Waals surface area contributed by atoms with Crippen LogP contribution in [0.1, 0.15) is 77.5 Å². The van der Waals surface area contributed by atoms with Crippen LogP contribution in [0.4, 0.5) is 16.2 Å². The third-order valence-electron chi connectivity index (χ3n) is 9.72. The minimum Gasteiger partial charge on any atom is -0.444 e. The molecule has 1 unspecified atom stereocenters. The Morgan fingerprint density at radius 3 is 2.48 bits per heavy atom. The number of carbonyl (C=O) groups excluding carboxylic acids is 5. The molecule has 2 aliphatic heterocycles. The molecule has 0 aliphatic carbocycles. The molecule has 1 saturated heterocycles. The fourth-order valence-electron chi connectivity index (χ4n) is 7.18. The van der Waals surface area contributed by atoms with E-state index in [2.05, 4.69) is 27.4 Å². The number of rotatable bonds is 12. The molecule has 0 radical (unpaired) electrons. The second-order valence-corrected chi connectivity index (χ2v) is 16.4. The van der Waals surface area contributed by atoms with Crippen LogP contribution in [0.2, 0.25) is 0 Å². The predicted octanol–water partition coefficient (Wildman–Crippen LogP) is 5.84. The van der Waals surface area contributed by atoms with Crippen LogP contribution < -0.4 is 25.8 Å². The Labute approximate surface area is 320 Å². The minimum absolute atomic E-state index is 0.0183. The van der Waals surface area contributed by atoms with Crippen molar-refractivity contribution in [3.63, 3.8) is 0 Å². The van der Waals surface area contributed by atoms with Crippen LogP contribution in [0.5, 0.6) is 0 Å². The van der Waals surface area contributed by atoms with Crippen LogP contribution in [0.25, 0.3) is 10.9 Å². The number of anilines is 2. The van der Waals surface area contributed by atoms with Crippen molar-refractivity contribution in [3.8, 4) is 0 Å². The van der Waals surface area contributed by atoms with Crippen molar-refractivity contribution in [1.29, 1.82) is 0 Å². The van der Waals surface area contributed by atoms with Crippen LogP contribution in [0.3, 0.4) is 0 Å². The Kier molecular flexibility index (Phi) is 11.2. The standard InChI is InChI=1S/C41H50N6O6S/c1-7-18-45-24-28(29-13-8-9-14-32(29)45)22-30(43-38(51)41(5,6)44-39(52)53-40(2,3)4)36(49)42-31-21-27-12-10-15-33(46-19-11-16-34(46)48)35(27)47(37(31)50)23-26-17-20-54-25-26/h8-10,12-15,17,20,24-25,30-31H,7,11,16,18-19,21-23H2,1-6H3,(H,42,49)(H,43,51)(H,44,52)/t30-,31?/m1/s1. The number of nitrogens with zero attached hydrogens (tertiary/aromatic N) is 3. The molecule has 4 heterocycles. The molecular weight excluding hydrogens is 705 g/mol. The maximum Gasteiger partial charge on any atom is 0.408 e. The minimum atomic E-state index is -1.45. The summed E-state index contributed by atoms with van der Waals surface area (Å²) in [5.41, 5.74) is 2.78. The number of para-hydroxylation sites is 2. The van der Waals surface area contributed by atoms with Gasteiger partial charge in [-0.05, 0) is 93.1 Å². The zero-order valence-corrected chi connectivity index (χ0v) is 32.7. The zero-order chi connectivity index (χ0) is 38.8. The molecule has 2 aromatic heterocycles. The highest BCUT2D eigenvalue weighted by molar-refractivity contribution is 7.07. The lowest BCUT2D eigenvalue weighted by Crippen LogP contribution is -2.61. The topological polar surface area (TPSA) is 142 Å². The van der Waals surface area contributed by atoms with E-state index >= 15 is 0 Å². The number of benzene rings is 2. The van der Waals surface area contributed by atoms with Gasteiger partial charge in [-0.1, -0.05) is 37.3 Å². The van der Waals surface area contributed by atoms with Gasteiger partial charge in [-0.3, -0.25) is 19.2 Å². The number of hydrogen-bond donors (Lipinski definition) is 3. The van der Waals surface area contributed by atoms with Gasteiger partial charge in [0.25, 0.3) is 0 Å². The van der Waals surface area contributed by atoms with E-state index in [1.54, 1.807) is 44.4 Å². The maximum absolute atomic E-state index is 14.5. The molecule has 6 rings (SSSR count). The molecule has 286 valence electrons. The molecule has 3 N–H and O–H groups in total. The van der Waals surface area contributed by atoms with Gasteiger partial charge in [0.2, 0.25) is 23.6 Å². The molecule has 2 aliphatic rings. The lowest BCUT2D eigenvalue weighted by Gasteiger charge is -2.37. The molecule has 1 fully saturated rings. The number of hydrogen-bond acceptors (Lipinski definition) is 7. The second-order valence-electron chi connectivity index (χ2n) is 15.6. The van der Waals surface area contributed by atoms with E-state index in [1.165, 1.54) is 11.3 Å². The lowest BCUT2D eigenvalue weighted by atomic mass is 9.94. The second kappa shape index (κ2) is 15.7. The van der Waals surface area contributed by atoms with E-state index < -0.39 is 41.1 Å². The van der Waals surface area contributed by atoms with Crippen LogP contribution >= 0.6 is 11.3 Å². The first-order valence-corrected chi connectivity index (χ1v) is 19.5. The molecule has 0 bridgehead atoms. The summed E-state index contributed by atoms with van der Waals surface area (Å²) in [6.45, 7) is 12.0. The molecule has 2 aromatic carbocycles. The molecule has 4 aromatic rings. The van der Waals surface area contributed by atoms with Crippen LogP contribution in [-0.2, 0) is 49.8 Å². The normalized spacial score (nSPS) is 16.7. The Bertz CT molecular complexity index is 2050. The van der Waals surface area contributed by atoms with Gasteiger partial charge >= 0.3 is 6.09 Å². The number of amides is 5. The van der Waals surface area contributed by atoms with E-state index in [0.29, 0.717) is 24.3 Å².